The van der Waals surface area contributed by atoms with Crippen LogP contribution in [0.1, 0.15) is 41.8 Å². The van der Waals surface area contributed by atoms with E-state index in [4.69, 9.17) is 14.6 Å². The van der Waals surface area contributed by atoms with Crippen molar-refractivity contribution in [1.29, 1.82) is 0 Å². The highest BCUT2D eigenvalue weighted by molar-refractivity contribution is 7.93. The fourth-order valence-corrected chi connectivity index (χ4v) is 6.62. The van der Waals surface area contributed by atoms with Gasteiger partial charge in [0.05, 0.1) is 22.7 Å². The first kappa shape index (κ1) is 26.6. The molecule has 1 atom stereocenters. The van der Waals surface area contributed by atoms with Crippen LogP contribution in [0.3, 0.4) is 0 Å². The molecule has 0 fully saturated rings. The van der Waals surface area contributed by atoms with Crippen molar-refractivity contribution in [3.8, 4) is 11.5 Å². The van der Waals surface area contributed by atoms with Crippen molar-refractivity contribution in [3.63, 3.8) is 0 Å². The lowest BCUT2D eigenvalue weighted by Crippen LogP contribution is -2.48. The van der Waals surface area contributed by atoms with E-state index in [2.05, 4.69) is 5.32 Å². The Kier molecular flexibility index (Phi) is 6.98. The predicted octanol–water partition coefficient (Wildman–Crippen LogP) is 3.80. The number of sulfonamides is 1. The molecule has 1 amide bonds. The van der Waals surface area contributed by atoms with Crippen LogP contribution in [0.5, 0.6) is 11.5 Å². The maximum Gasteiger partial charge on any atom is 0.335 e. The summed E-state index contributed by atoms with van der Waals surface area (Å²) in [6, 6.07) is 17.0. The molecule has 2 N–H and O–H groups in total. The van der Waals surface area contributed by atoms with Crippen molar-refractivity contribution < 1.29 is 32.6 Å². The third-order valence-electron chi connectivity index (χ3n) is 6.97. The van der Waals surface area contributed by atoms with Gasteiger partial charge in [-0.2, -0.15) is 0 Å². The zero-order valence-electron chi connectivity index (χ0n) is 21.7. The number of rotatable bonds is 8. The summed E-state index contributed by atoms with van der Waals surface area (Å²) in [5.74, 6) is -0.313. The molecule has 0 aliphatic carbocycles. The number of anilines is 1. The molecule has 10 heteroatoms. The van der Waals surface area contributed by atoms with Crippen LogP contribution < -0.4 is 19.1 Å². The Labute approximate surface area is 227 Å². The van der Waals surface area contributed by atoms with E-state index < -0.39 is 27.9 Å². The fraction of sp³-hybridized carbons (Fsp3) is 0.310. The van der Waals surface area contributed by atoms with Crippen molar-refractivity contribution >= 4 is 27.6 Å². The summed E-state index contributed by atoms with van der Waals surface area (Å²) < 4.78 is 40.7. The lowest BCUT2D eigenvalue weighted by molar-refractivity contribution is -0.122. The van der Waals surface area contributed by atoms with Crippen LogP contribution in [0.2, 0.25) is 0 Å². The van der Waals surface area contributed by atoms with Crippen LogP contribution in [-0.2, 0) is 27.7 Å². The number of hydrogen-bond acceptors (Lipinski definition) is 6. The maximum atomic E-state index is 14.0. The zero-order valence-corrected chi connectivity index (χ0v) is 22.5. The minimum Gasteiger partial charge on any atom is -0.492 e. The second-order valence-electron chi connectivity index (χ2n) is 10.2. The normalized spacial score (nSPS) is 17.5. The number of fused-ring (bicyclic) bond motifs is 2. The molecule has 2 aliphatic heterocycles. The Hall–Kier alpha value is -4.05. The molecular formula is C29H30N2O7S. The number of nitrogens with zero attached hydrogens (tertiary/aromatic N) is 1. The van der Waals surface area contributed by atoms with Crippen molar-refractivity contribution in [2.75, 3.05) is 17.5 Å². The third-order valence-corrected chi connectivity index (χ3v) is 8.79. The van der Waals surface area contributed by atoms with Gasteiger partial charge in [0.1, 0.15) is 29.7 Å². The highest BCUT2D eigenvalue weighted by Crippen LogP contribution is 2.39. The molecule has 9 nitrogen and oxygen atoms in total. The average Bonchev–Trinajstić information content (AvgIpc) is 3.31. The maximum absolute atomic E-state index is 14.0. The Morgan fingerprint density at radius 2 is 1.82 bits per heavy atom. The lowest BCUT2D eigenvalue weighted by Gasteiger charge is -2.33. The van der Waals surface area contributed by atoms with Gasteiger partial charge in [0, 0.05) is 6.42 Å². The number of nitrogens with one attached hydrogen (secondary N) is 1. The monoisotopic (exact) mass is 550 g/mol. The number of carbonyl (C=O) groups is 2. The van der Waals surface area contributed by atoms with Gasteiger partial charge in [-0.3, -0.25) is 9.10 Å². The minimum atomic E-state index is -4.06. The van der Waals surface area contributed by atoms with Gasteiger partial charge >= 0.3 is 5.97 Å². The number of carbonyl (C=O) groups excluding carboxylic acids is 1. The van der Waals surface area contributed by atoms with Crippen molar-refractivity contribution in [1.82, 2.24) is 5.32 Å². The molecular weight excluding hydrogens is 520 g/mol. The Morgan fingerprint density at radius 1 is 1.08 bits per heavy atom. The van der Waals surface area contributed by atoms with Crippen molar-refractivity contribution in [2.24, 2.45) is 0 Å². The first-order valence-corrected chi connectivity index (χ1v) is 14.2. The number of para-hydroxylation sites is 1. The summed E-state index contributed by atoms with van der Waals surface area (Å²) in [5, 5.41) is 11.8. The van der Waals surface area contributed by atoms with Crippen LogP contribution in [0.15, 0.2) is 71.6 Å². The van der Waals surface area contributed by atoms with E-state index in [1.807, 2.05) is 26.0 Å². The number of benzene rings is 3. The number of carboxylic acids is 1. The summed E-state index contributed by atoms with van der Waals surface area (Å²) in [4.78, 5) is 24.4. The Morgan fingerprint density at radius 3 is 2.56 bits per heavy atom. The van der Waals surface area contributed by atoms with Gasteiger partial charge < -0.3 is 19.9 Å². The third kappa shape index (κ3) is 5.42. The molecule has 0 saturated carbocycles. The number of hydrogen-bond donors (Lipinski definition) is 2. The van der Waals surface area contributed by atoms with Gasteiger partial charge in [-0.05, 0) is 86.3 Å². The van der Waals surface area contributed by atoms with Crippen LogP contribution >= 0.6 is 0 Å². The zero-order chi connectivity index (χ0) is 27.8. The number of aryl methyl sites for hydroxylation is 1. The summed E-state index contributed by atoms with van der Waals surface area (Å²) in [7, 11) is -4.06. The Balaban J connectivity index is 1.31. The largest absolute Gasteiger partial charge is 0.492 e. The first-order chi connectivity index (χ1) is 18.5. The first-order valence-electron chi connectivity index (χ1n) is 12.7. The Bertz CT molecular complexity index is 1520. The van der Waals surface area contributed by atoms with Gasteiger partial charge in [-0.25, -0.2) is 13.2 Å². The van der Waals surface area contributed by atoms with E-state index in [1.165, 1.54) is 34.6 Å². The molecule has 0 unspecified atom stereocenters. The van der Waals surface area contributed by atoms with Crippen LogP contribution in [0.25, 0.3) is 0 Å². The molecule has 2 aliphatic rings. The van der Waals surface area contributed by atoms with Crippen LogP contribution in [-0.4, -0.2) is 50.2 Å². The van der Waals surface area contributed by atoms with Gasteiger partial charge in [0.25, 0.3) is 10.0 Å². The van der Waals surface area contributed by atoms with E-state index in [9.17, 15) is 18.0 Å². The molecule has 0 radical (unpaired) electrons. The minimum absolute atomic E-state index is 0.118. The summed E-state index contributed by atoms with van der Waals surface area (Å²) in [6.45, 7) is 4.29. The fourth-order valence-electron chi connectivity index (χ4n) is 4.92. The lowest BCUT2D eigenvalue weighted by atomic mass is 9.94. The van der Waals surface area contributed by atoms with E-state index >= 15 is 0 Å². The van der Waals surface area contributed by atoms with E-state index in [0.29, 0.717) is 23.6 Å². The van der Waals surface area contributed by atoms with E-state index in [1.54, 1.807) is 24.3 Å². The molecule has 0 spiro atoms. The topological polar surface area (TPSA) is 122 Å². The van der Waals surface area contributed by atoms with E-state index in [0.717, 1.165) is 17.5 Å². The molecule has 0 aromatic heterocycles. The van der Waals surface area contributed by atoms with Crippen LogP contribution in [0, 0.1) is 0 Å². The summed E-state index contributed by atoms with van der Waals surface area (Å²) >= 11 is 0. The molecule has 204 valence electrons. The van der Waals surface area contributed by atoms with Gasteiger partial charge in [0.2, 0.25) is 5.91 Å². The van der Waals surface area contributed by atoms with E-state index in [-0.39, 0.29) is 35.6 Å². The van der Waals surface area contributed by atoms with Crippen molar-refractivity contribution in [2.45, 2.75) is 49.6 Å². The highest BCUT2D eigenvalue weighted by Gasteiger charge is 2.42. The molecule has 2 heterocycles. The molecule has 0 bridgehead atoms. The second kappa shape index (κ2) is 10.3. The van der Waals surface area contributed by atoms with Crippen LogP contribution in [0.4, 0.5) is 5.69 Å². The second-order valence-corrected chi connectivity index (χ2v) is 12.1. The summed E-state index contributed by atoms with van der Waals surface area (Å²) in [6.07, 6.45) is 1.72. The quantitative estimate of drug-likeness (QED) is 0.409. The highest BCUT2D eigenvalue weighted by atomic mass is 32.2. The smallest absolute Gasteiger partial charge is 0.335 e. The standard InChI is InChI=1S/C29H30N2O7S/c1-29(2)14-13-21-17-23(11-12-26(21)38-29)39(35,36)31-24-6-4-3-5-20(24)18-25(31)27(32)30-15-16-37-22-9-7-19(8-10-22)28(33)34/h3-12,17,25H,13-16,18H2,1-2H3,(H,30,32)(H,33,34)/t25-/m0/s1. The molecule has 0 saturated heterocycles. The van der Waals surface area contributed by atoms with Gasteiger partial charge in [-0.15, -0.1) is 0 Å². The SMILES string of the molecule is CC1(C)CCc2cc(S(=O)(=O)N3c4ccccc4C[C@H]3C(=O)NCCOc3ccc(C(=O)O)cc3)ccc2O1. The number of aromatic carboxylic acids is 1. The molecule has 3 aromatic carbocycles. The molecule has 3 aromatic rings. The molecule has 5 rings (SSSR count). The average molecular weight is 551 g/mol. The molecule has 39 heavy (non-hydrogen) atoms. The number of ether oxygens (including phenoxy) is 2. The van der Waals surface area contributed by atoms with Crippen molar-refractivity contribution in [3.05, 3.63) is 83.4 Å². The van der Waals surface area contributed by atoms with Gasteiger partial charge in [0.15, 0.2) is 0 Å². The van der Waals surface area contributed by atoms with Gasteiger partial charge in [-0.1, -0.05) is 18.2 Å². The predicted molar refractivity (Wildman–Crippen MR) is 145 cm³/mol. The number of carboxylic acid groups (broad SMARTS) is 1. The summed E-state index contributed by atoms with van der Waals surface area (Å²) in [5.41, 5.74) is 1.93. The number of amides is 1.